The molecule has 1 aromatic rings. The van der Waals surface area contributed by atoms with Crippen LogP contribution in [0.1, 0.15) is 30.6 Å². The molecular weight excluding hydrogens is 312 g/mol. The van der Waals surface area contributed by atoms with Gasteiger partial charge >= 0.3 is 6.03 Å². The summed E-state index contributed by atoms with van der Waals surface area (Å²) in [4.78, 5) is 38.8. The van der Waals surface area contributed by atoms with Gasteiger partial charge in [0.2, 0.25) is 11.8 Å². The zero-order valence-electron chi connectivity index (χ0n) is 11.4. The molecule has 5 nitrogen and oxygen atoms in total. The average molecular weight is 327 g/mol. The van der Waals surface area contributed by atoms with Gasteiger partial charge in [-0.15, -0.1) is 11.3 Å². The predicted octanol–water partition coefficient (Wildman–Crippen LogP) is 2.58. The highest BCUT2D eigenvalue weighted by atomic mass is 35.5. The Balaban J connectivity index is 1.75. The fourth-order valence-electron chi connectivity index (χ4n) is 3.06. The molecule has 1 aromatic heterocycles. The number of barbiturate groups is 1. The van der Waals surface area contributed by atoms with Gasteiger partial charge in [0, 0.05) is 17.8 Å². The summed E-state index contributed by atoms with van der Waals surface area (Å²) in [7, 11) is 0. The Morgan fingerprint density at radius 3 is 2.57 bits per heavy atom. The van der Waals surface area contributed by atoms with Crippen molar-refractivity contribution >= 4 is 40.8 Å². The molecule has 2 heterocycles. The number of rotatable bonds is 3. The van der Waals surface area contributed by atoms with Gasteiger partial charge in [-0.05, 0) is 25.0 Å². The lowest BCUT2D eigenvalue weighted by molar-refractivity contribution is -0.151. The number of carbonyl (C=O) groups excluding carboxylic acids is 3. The van der Waals surface area contributed by atoms with Gasteiger partial charge in [-0.2, -0.15) is 0 Å². The number of thiophene rings is 1. The van der Waals surface area contributed by atoms with Crippen molar-refractivity contribution in [3.8, 4) is 0 Å². The van der Waals surface area contributed by atoms with Crippen LogP contribution in [0.3, 0.4) is 0 Å². The molecule has 0 radical (unpaired) electrons. The van der Waals surface area contributed by atoms with E-state index in [-0.39, 0.29) is 12.5 Å². The standard InChI is InChI=1S/C14H15ClN2O3S/c15-10-4-3-9(21-10)5-8-17-12(19)14(6-1-2-7-14)11(18)16-13(17)20/h3-4H,1-2,5-8H2,(H,16,18,20). The van der Waals surface area contributed by atoms with Crippen molar-refractivity contribution in [1.82, 2.24) is 10.2 Å². The second-order valence-corrected chi connectivity index (χ2v) is 7.26. The van der Waals surface area contributed by atoms with Crippen LogP contribution in [0.2, 0.25) is 4.34 Å². The Labute approximate surface area is 131 Å². The van der Waals surface area contributed by atoms with Crippen LogP contribution in [0.15, 0.2) is 12.1 Å². The number of urea groups is 1. The second kappa shape index (κ2) is 5.42. The van der Waals surface area contributed by atoms with Crippen molar-refractivity contribution in [2.45, 2.75) is 32.1 Å². The van der Waals surface area contributed by atoms with E-state index in [0.717, 1.165) is 17.7 Å². The van der Waals surface area contributed by atoms with Gasteiger partial charge in [-0.3, -0.25) is 19.8 Å². The molecule has 2 aliphatic rings. The van der Waals surface area contributed by atoms with Crippen LogP contribution >= 0.6 is 22.9 Å². The smallest absolute Gasteiger partial charge is 0.277 e. The maximum atomic E-state index is 12.6. The lowest BCUT2D eigenvalue weighted by atomic mass is 9.82. The van der Waals surface area contributed by atoms with Gasteiger partial charge in [0.1, 0.15) is 5.41 Å². The van der Waals surface area contributed by atoms with Gasteiger partial charge in [-0.25, -0.2) is 4.79 Å². The molecule has 1 aliphatic carbocycles. The highest BCUT2D eigenvalue weighted by Gasteiger charge is 2.54. The number of amides is 4. The van der Waals surface area contributed by atoms with Crippen molar-refractivity contribution in [3.05, 3.63) is 21.3 Å². The van der Waals surface area contributed by atoms with Crippen LogP contribution in [-0.4, -0.2) is 29.3 Å². The molecule has 7 heteroatoms. The number of hydrogen-bond donors (Lipinski definition) is 1. The van der Waals surface area contributed by atoms with E-state index in [1.807, 2.05) is 6.07 Å². The molecule has 1 saturated carbocycles. The number of halogens is 1. The van der Waals surface area contributed by atoms with E-state index in [2.05, 4.69) is 5.32 Å². The maximum absolute atomic E-state index is 12.6. The van der Waals surface area contributed by atoms with Crippen LogP contribution in [0.5, 0.6) is 0 Å². The molecule has 1 aliphatic heterocycles. The molecule has 0 unspecified atom stereocenters. The van der Waals surface area contributed by atoms with Crippen molar-refractivity contribution in [3.63, 3.8) is 0 Å². The molecule has 4 amide bonds. The van der Waals surface area contributed by atoms with E-state index in [9.17, 15) is 14.4 Å². The van der Waals surface area contributed by atoms with Crippen molar-refractivity contribution in [1.29, 1.82) is 0 Å². The van der Waals surface area contributed by atoms with Crippen molar-refractivity contribution < 1.29 is 14.4 Å². The Morgan fingerprint density at radius 1 is 1.24 bits per heavy atom. The molecule has 1 spiro atoms. The number of carbonyl (C=O) groups is 3. The van der Waals surface area contributed by atoms with Crippen LogP contribution in [0.4, 0.5) is 4.79 Å². The largest absolute Gasteiger partial charge is 0.330 e. The number of nitrogens with zero attached hydrogens (tertiary/aromatic N) is 1. The van der Waals surface area contributed by atoms with Gasteiger partial charge < -0.3 is 0 Å². The second-order valence-electron chi connectivity index (χ2n) is 5.46. The minimum atomic E-state index is -1.01. The minimum absolute atomic E-state index is 0.274. The normalized spacial score (nSPS) is 21.2. The van der Waals surface area contributed by atoms with E-state index in [1.165, 1.54) is 16.2 Å². The first-order valence-electron chi connectivity index (χ1n) is 6.94. The SMILES string of the molecule is O=C1NC(=O)C2(CCCC2)C(=O)N1CCc1ccc(Cl)s1. The Hall–Kier alpha value is -1.40. The molecule has 3 rings (SSSR count). The molecule has 2 fully saturated rings. The van der Waals surface area contributed by atoms with Crippen LogP contribution in [0, 0.1) is 5.41 Å². The molecule has 1 saturated heterocycles. The number of imide groups is 2. The highest BCUT2D eigenvalue weighted by Crippen LogP contribution is 2.41. The molecule has 21 heavy (non-hydrogen) atoms. The third-order valence-corrected chi connectivity index (χ3v) is 5.51. The summed E-state index contributed by atoms with van der Waals surface area (Å²) in [6.07, 6.45) is 3.32. The average Bonchev–Trinajstić information content (AvgIpc) is 3.07. The van der Waals surface area contributed by atoms with Crippen LogP contribution in [-0.2, 0) is 16.0 Å². The number of nitrogens with one attached hydrogen (secondary N) is 1. The van der Waals surface area contributed by atoms with Gasteiger partial charge in [-0.1, -0.05) is 24.4 Å². The van der Waals surface area contributed by atoms with Crippen LogP contribution < -0.4 is 5.32 Å². The summed E-state index contributed by atoms with van der Waals surface area (Å²) in [5.41, 5.74) is -1.01. The van der Waals surface area contributed by atoms with E-state index in [0.29, 0.717) is 23.6 Å². The van der Waals surface area contributed by atoms with Crippen molar-refractivity contribution in [2.75, 3.05) is 6.54 Å². The first-order valence-corrected chi connectivity index (χ1v) is 8.14. The lowest BCUT2D eigenvalue weighted by Crippen LogP contribution is -2.63. The molecular formula is C14H15ClN2O3S. The lowest BCUT2D eigenvalue weighted by Gasteiger charge is -2.36. The predicted molar refractivity (Wildman–Crippen MR) is 79.2 cm³/mol. The maximum Gasteiger partial charge on any atom is 0.330 e. The zero-order valence-corrected chi connectivity index (χ0v) is 12.9. The fraction of sp³-hybridized carbons (Fsp3) is 0.500. The topological polar surface area (TPSA) is 66.5 Å². The molecule has 1 N–H and O–H groups in total. The summed E-state index contributed by atoms with van der Waals surface area (Å²) in [6.45, 7) is 0.274. The van der Waals surface area contributed by atoms with E-state index >= 15 is 0 Å². The van der Waals surface area contributed by atoms with E-state index in [4.69, 9.17) is 11.6 Å². The van der Waals surface area contributed by atoms with E-state index in [1.54, 1.807) is 6.07 Å². The minimum Gasteiger partial charge on any atom is -0.277 e. The summed E-state index contributed by atoms with van der Waals surface area (Å²) >= 11 is 7.30. The van der Waals surface area contributed by atoms with Crippen LogP contribution in [0.25, 0.3) is 0 Å². The summed E-state index contributed by atoms with van der Waals surface area (Å²) in [6, 6.07) is 3.07. The molecule has 0 bridgehead atoms. The summed E-state index contributed by atoms with van der Waals surface area (Å²) < 4.78 is 0.682. The first-order chi connectivity index (χ1) is 10.0. The highest BCUT2D eigenvalue weighted by molar-refractivity contribution is 7.16. The quantitative estimate of drug-likeness (QED) is 0.868. The van der Waals surface area contributed by atoms with Gasteiger partial charge in [0.05, 0.1) is 4.34 Å². The Kier molecular flexibility index (Phi) is 3.75. The monoisotopic (exact) mass is 326 g/mol. The molecule has 0 aromatic carbocycles. The Morgan fingerprint density at radius 2 is 1.95 bits per heavy atom. The molecule has 112 valence electrons. The number of hydrogen-bond acceptors (Lipinski definition) is 4. The van der Waals surface area contributed by atoms with E-state index < -0.39 is 17.4 Å². The Bertz CT molecular complexity index is 607. The fourth-order valence-corrected chi connectivity index (χ4v) is 4.14. The summed E-state index contributed by atoms with van der Waals surface area (Å²) in [5.74, 6) is -0.762. The summed E-state index contributed by atoms with van der Waals surface area (Å²) in [5, 5.41) is 2.34. The van der Waals surface area contributed by atoms with Gasteiger partial charge in [0.15, 0.2) is 0 Å². The first kappa shape index (κ1) is 14.5. The zero-order chi connectivity index (χ0) is 15.0. The third kappa shape index (κ3) is 2.46. The molecule has 0 atom stereocenters. The van der Waals surface area contributed by atoms with Crippen molar-refractivity contribution in [2.24, 2.45) is 5.41 Å². The van der Waals surface area contributed by atoms with Gasteiger partial charge in [0.25, 0.3) is 0 Å². The third-order valence-electron chi connectivity index (χ3n) is 4.22.